The van der Waals surface area contributed by atoms with Crippen LogP contribution in [-0.4, -0.2) is 52.9 Å². The monoisotopic (exact) mass is 480 g/mol. The molecule has 0 aliphatic carbocycles. The highest BCUT2D eigenvalue weighted by molar-refractivity contribution is 7.89. The molecule has 1 aromatic heterocycles. The van der Waals surface area contributed by atoms with Crippen molar-refractivity contribution in [1.29, 1.82) is 0 Å². The largest absolute Gasteiger partial charge is 0.337 e. The second-order valence-corrected chi connectivity index (χ2v) is 11.0. The molecule has 0 radical (unpaired) electrons. The zero-order valence-corrected chi connectivity index (χ0v) is 20.8. The van der Waals surface area contributed by atoms with Gasteiger partial charge in [-0.2, -0.15) is 9.40 Å². The van der Waals surface area contributed by atoms with Crippen LogP contribution in [0, 0.1) is 6.92 Å². The van der Waals surface area contributed by atoms with Crippen molar-refractivity contribution in [3.05, 3.63) is 83.2 Å². The zero-order valence-electron chi connectivity index (χ0n) is 20.0. The molecule has 0 saturated carbocycles. The highest BCUT2D eigenvalue weighted by atomic mass is 32.2. The van der Waals surface area contributed by atoms with Gasteiger partial charge in [0.05, 0.1) is 17.6 Å². The van der Waals surface area contributed by atoms with Gasteiger partial charge in [-0.1, -0.05) is 42.8 Å². The summed E-state index contributed by atoms with van der Waals surface area (Å²) < 4.78 is 30.0. The van der Waals surface area contributed by atoms with Gasteiger partial charge in [-0.3, -0.25) is 9.48 Å². The highest BCUT2D eigenvalue weighted by Crippen LogP contribution is 2.27. The number of rotatable bonds is 7. The van der Waals surface area contributed by atoms with Gasteiger partial charge in [0.25, 0.3) is 5.91 Å². The SMILES string of the molecule is Cc1ccc(S(=O)(=O)N2CCCCC2C)cc1C(=O)N(C)Cc1cnn(Cc2ccccc2)c1. The van der Waals surface area contributed by atoms with Crippen molar-refractivity contribution in [2.24, 2.45) is 0 Å². The normalized spacial score (nSPS) is 17.0. The lowest BCUT2D eigenvalue weighted by atomic mass is 10.1. The number of carbonyl (C=O) groups is 1. The molecule has 180 valence electrons. The van der Waals surface area contributed by atoms with Crippen LogP contribution in [0.25, 0.3) is 0 Å². The van der Waals surface area contributed by atoms with Crippen LogP contribution in [0.3, 0.4) is 0 Å². The van der Waals surface area contributed by atoms with Crippen LogP contribution in [0.1, 0.15) is 53.2 Å². The van der Waals surface area contributed by atoms with Crippen molar-refractivity contribution in [2.75, 3.05) is 13.6 Å². The molecule has 1 saturated heterocycles. The fraction of sp³-hybridized carbons (Fsp3) is 0.385. The molecule has 1 aliphatic heterocycles. The number of aryl methyl sites for hydroxylation is 1. The Bertz CT molecular complexity index is 1250. The Morgan fingerprint density at radius 3 is 2.62 bits per heavy atom. The van der Waals surface area contributed by atoms with Crippen molar-refractivity contribution in [3.8, 4) is 0 Å². The molecular weight excluding hydrogens is 448 g/mol. The summed E-state index contributed by atoms with van der Waals surface area (Å²) in [5, 5.41) is 4.41. The van der Waals surface area contributed by atoms with Crippen LogP contribution in [0.2, 0.25) is 0 Å². The first-order chi connectivity index (χ1) is 16.3. The minimum atomic E-state index is -3.65. The fourth-order valence-corrected chi connectivity index (χ4v) is 6.18. The molecule has 34 heavy (non-hydrogen) atoms. The van der Waals surface area contributed by atoms with Gasteiger partial charge in [0.15, 0.2) is 0 Å². The predicted octanol–water partition coefficient (Wildman–Crippen LogP) is 4.08. The molecule has 7 nitrogen and oxygen atoms in total. The first-order valence-electron chi connectivity index (χ1n) is 11.7. The van der Waals surface area contributed by atoms with Crippen molar-refractivity contribution in [3.63, 3.8) is 0 Å². The zero-order chi connectivity index (χ0) is 24.3. The lowest BCUT2D eigenvalue weighted by Crippen LogP contribution is -2.42. The average Bonchev–Trinajstić information content (AvgIpc) is 3.26. The Labute approximate surface area is 202 Å². The van der Waals surface area contributed by atoms with Crippen LogP contribution in [-0.2, 0) is 23.1 Å². The van der Waals surface area contributed by atoms with Crippen molar-refractivity contribution in [1.82, 2.24) is 19.0 Å². The van der Waals surface area contributed by atoms with E-state index in [1.54, 1.807) is 34.6 Å². The molecule has 1 atom stereocenters. The van der Waals surface area contributed by atoms with Gasteiger partial charge in [-0.05, 0) is 49.9 Å². The van der Waals surface area contributed by atoms with E-state index in [1.165, 1.54) is 6.07 Å². The third-order valence-electron chi connectivity index (χ3n) is 6.43. The maximum atomic E-state index is 13.3. The molecule has 0 bridgehead atoms. The standard InChI is InChI=1S/C26H32N4O3S/c1-20-12-13-24(34(32,33)30-14-8-7-9-21(30)2)15-25(20)26(31)28(3)17-23-16-27-29(19-23)18-22-10-5-4-6-11-22/h4-6,10-13,15-16,19,21H,7-9,14,17-18H2,1-3H3. The average molecular weight is 481 g/mol. The number of benzene rings is 2. The molecule has 1 fully saturated rings. The summed E-state index contributed by atoms with van der Waals surface area (Å²) in [6.07, 6.45) is 6.46. The van der Waals surface area contributed by atoms with Crippen molar-refractivity contribution in [2.45, 2.75) is 57.1 Å². The topological polar surface area (TPSA) is 75.5 Å². The van der Waals surface area contributed by atoms with Gasteiger partial charge < -0.3 is 4.90 Å². The minimum absolute atomic E-state index is 0.0331. The Kier molecular flexibility index (Phi) is 7.19. The van der Waals surface area contributed by atoms with E-state index < -0.39 is 10.0 Å². The summed E-state index contributed by atoms with van der Waals surface area (Å²) in [6.45, 7) is 5.34. The van der Waals surface area contributed by atoms with Gasteiger partial charge in [0.1, 0.15) is 0 Å². The third kappa shape index (κ3) is 5.23. The molecule has 0 spiro atoms. The van der Waals surface area contributed by atoms with Gasteiger partial charge in [0.2, 0.25) is 10.0 Å². The summed E-state index contributed by atoms with van der Waals surface area (Å²) in [6, 6.07) is 14.9. The van der Waals surface area contributed by atoms with Gasteiger partial charge >= 0.3 is 0 Å². The number of aromatic nitrogens is 2. The quantitative estimate of drug-likeness (QED) is 0.511. The molecule has 0 N–H and O–H groups in total. The molecule has 2 heterocycles. The molecule has 8 heteroatoms. The van der Waals surface area contributed by atoms with Crippen LogP contribution in [0.4, 0.5) is 0 Å². The van der Waals surface area contributed by atoms with E-state index in [4.69, 9.17) is 0 Å². The number of hydrogen-bond donors (Lipinski definition) is 0. The maximum absolute atomic E-state index is 13.3. The van der Waals surface area contributed by atoms with Gasteiger partial charge in [-0.15, -0.1) is 0 Å². The second kappa shape index (κ2) is 10.1. The Hall–Kier alpha value is -2.97. The molecule has 2 aromatic carbocycles. The first kappa shape index (κ1) is 24.2. The number of hydrogen-bond acceptors (Lipinski definition) is 4. The number of nitrogens with zero attached hydrogens (tertiary/aromatic N) is 4. The smallest absolute Gasteiger partial charge is 0.254 e. The van der Waals surface area contributed by atoms with Crippen LogP contribution in [0.5, 0.6) is 0 Å². The van der Waals surface area contributed by atoms with E-state index in [-0.39, 0.29) is 16.8 Å². The lowest BCUT2D eigenvalue weighted by molar-refractivity contribution is 0.0784. The fourth-order valence-electron chi connectivity index (χ4n) is 4.45. The molecule has 1 aliphatic rings. The van der Waals surface area contributed by atoms with E-state index in [9.17, 15) is 13.2 Å². The Morgan fingerprint density at radius 1 is 1.12 bits per heavy atom. The molecular formula is C26H32N4O3S. The summed E-state index contributed by atoms with van der Waals surface area (Å²) in [7, 11) is -1.92. The number of amides is 1. The number of sulfonamides is 1. The predicted molar refractivity (Wildman–Crippen MR) is 132 cm³/mol. The van der Waals surface area contributed by atoms with E-state index in [0.29, 0.717) is 25.2 Å². The van der Waals surface area contributed by atoms with E-state index >= 15 is 0 Å². The van der Waals surface area contributed by atoms with Crippen LogP contribution in [0.15, 0.2) is 65.8 Å². The maximum Gasteiger partial charge on any atom is 0.254 e. The third-order valence-corrected chi connectivity index (χ3v) is 8.44. The van der Waals surface area contributed by atoms with E-state index in [2.05, 4.69) is 5.10 Å². The van der Waals surface area contributed by atoms with Crippen LogP contribution < -0.4 is 0 Å². The van der Waals surface area contributed by atoms with E-state index in [1.807, 2.05) is 55.1 Å². The molecule has 3 aromatic rings. The second-order valence-electron chi connectivity index (χ2n) is 9.13. The van der Waals surface area contributed by atoms with Gasteiger partial charge in [-0.25, -0.2) is 8.42 Å². The van der Waals surface area contributed by atoms with Gasteiger partial charge in [0, 0.05) is 43.5 Å². The number of piperidine rings is 1. The summed E-state index contributed by atoms with van der Waals surface area (Å²) in [4.78, 5) is 15.1. The molecule has 1 amide bonds. The summed E-state index contributed by atoms with van der Waals surface area (Å²) >= 11 is 0. The van der Waals surface area contributed by atoms with Crippen LogP contribution >= 0.6 is 0 Å². The Balaban J connectivity index is 1.49. The summed E-state index contributed by atoms with van der Waals surface area (Å²) in [5.41, 5.74) is 3.22. The van der Waals surface area contributed by atoms with E-state index in [0.717, 1.165) is 36.0 Å². The lowest BCUT2D eigenvalue weighted by Gasteiger charge is -2.32. The Morgan fingerprint density at radius 2 is 1.88 bits per heavy atom. The summed E-state index contributed by atoms with van der Waals surface area (Å²) in [5.74, 6) is -0.211. The highest BCUT2D eigenvalue weighted by Gasteiger charge is 2.31. The van der Waals surface area contributed by atoms with Crippen molar-refractivity contribution >= 4 is 15.9 Å². The first-order valence-corrected chi connectivity index (χ1v) is 13.1. The number of carbonyl (C=O) groups excluding carboxylic acids is 1. The molecule has 4 rings (SSSR count). The molecule has 1 unspecified atom stereocenters. The minimum Gasteiger partial charge on any atom is -0.337 e. The van der Waals surface area contributed by atoms with Crippen molar-refractivity contribution < 1.29 is 13.2 Å².